The van der Waals surface area contributed by atoms with Gasteiger partial charge in [0.2, 0.25) is 0 Å². The summed E-state index contributed by atoms with van der Waals surface area (Å²) in [5.41, 5.74) is -0.181. The molecule has 100 valence electrons. The third kappa shape index (κ3) is 3.12. The number of nitrogens with zero attached hydrogens (tertiary/aromatic N) is 2. The van der Waals surface area contributed by atoms with Crippen molar-refractivity contribution in [1.82, 2.24) is 9.78 Å². The monoisotopic (exact) mass is 270 g/mol. The fraction of sp³-hybridized carbons (Fsp3) is 0.167. The highest BCUT2D eigenvalue weighted by Gasteiger charge is 2.32. The van der Waals surface area contributed by atoms with E-state index in [1.165, 1.54) is 18.2 Å². The van der Waals surface area contributed by atoms with Gasteiger partial charge in [-0.25, -0.2) is 4.79 Å². The number of carboxylic acids is 1. The molecule has 0 spiro atoms. The van der Waals surface area contributed by atoms with Gasteiger partial charge < -0.3 is 5.11 Å². The molecular formula is C12H9F3N2O2. The number of benzene rings is 1. The Morgan fingerprint density at radius 2 is 2.11 bits per heavy atom. The highest BCUT2D eigenvalue weighted by Crippen LogP contribution is 2.28. The maximum Gasteiger partial charge on any atom is 0.419 e. The maximum absolute atomic E-state index is 12.4. The lowest BCUT2D eigenvalue weighted by Gasteiger charge is -2.04. The fourth-order valence-corrected chi connectivity index (χ4v) is 1.59. The summed E-state index contributed by atoms with van der Waals surface area (Å²) in [6, 6.07) is 5.97. The van der Waals surface area contributed by atoms with Crippen LogP contribution in [-0.2, 0) is 12.7 Å². The van der Waals surface area contributed by atoms with Crippen LogP contribution in [0.5, 0.6) is 0 Å². The molecule has 1 aromatic carbocycles. The molecule has 0 aliphatic rings. The van der Waals surface area contributed by atoms with Gasteiger partial charge in [-0.3, -0.25) is 4.68 Å². The van der Waals surface area contributed by atoms with Crippen LogP contribution in [-0.4, -0.2) is 20.9 Å². The molecule has 0 atom stereocenters. The Morgan fingerprint density at radius 1 is 1.37 bits per heavy atom. The lowest BCUT2D eigenvalue weighted by Crippen LogP contribution is -2.04. The number of carbonyl (C=O) groups is 1. The average Bonchev–Trinajstić information content (AvgIpc) is 2.77. The molecule has 0 unspecified atom stereocenters. The van der Waals surface area contributed by atoms with E-state index in [0.29, 0.717) is 5.56 Å². The van der Waals surface area contributed by atoms with Crippen molar-refractivity contribution in [3.05, 3.63) is 53.3 Å². The van der Waals surface area contributed by atoms with Gasteiger partial charge in [-0.15, -0.1) is 0 Å². The molecule has 1 heterocycles. The van der Waals surface area contributed by atoms with Crippen LogP contribution in [0.4, 0.5) is 13.2 Å². The first-order valence-electron chi connectivity index (χ1n) is 5.28. The topological polar surface area (TPSA) is 55.1 Å². The van der Waals surface area contributed by atoms with Gasteiger partial charge in [-0.1, -0.05) is 12.1 Å². The highest BCUT2D eigenvalue weighted by molar-refractivity contribution is 5.87. The van der Waals surface area contributed by atoms with Crippen LogP contribution in [0.1, 0.15) is 21.5 Å². The molecule has 2 aromatic rings. The van der Waals surface area contributed by atoms with E-state index in [0.717, 1.165) is 17.1 Å². The summed E-state index contributed by atoms with van der Waals surface area (Å²) in [6.07, 6.45) is -2.81. The van der Waals surface area contributed by atoms with E-state index in [9.17, 15) is 18.0 Å². The Morgan fingerprint density at radius 3 is 2.68 bits per heavy atom. The number of aromatic carboxylic acids is 1. The minimum atomic E-state index is -4.43. The second-order valence-corrected chi connectivity index (χ2v) is 3.93. The van der Waals surface area contributed by atoms with Crippen molar-refractivity contribution >= 4 is 5.97 Å². The van der Waals surface area contributed by atoms with Gasteiger partial charge in [0.25, 0.3) is 0 Å². The van der Waals surface area contributed by atoms with Crippen molar-refractivity contribution in [1.29, 1.82) is 0 Å². The first-order valence-corrected chi connectivity index (χ1v) is 5.28. The van der Waals surface area contributed by atoms with Crippen LogP contribution in [0.3, 0.4) is 0 Å². The van der Waals surface area contributed by atoms with Crippen LogP contribution < -0.4 is 0 Å². The van der Waals surface area contributed by atoms with Gasteiger partial charge in [-0.2, -0.15) is 18.3 Å². The molecule has 0 fully saturated rings. The predicted octanol–water partition coefficient (Wildman–Crippen LogP) is 2.65. The van der Waals surface area contributed by atoms with Crippen molar-refractivity contribution in [2.24, 2.45) is 0 Å². The largest absolute Gasteiger partial charge is 0.478 e. The summed E-state index contributed by atoms with van der Waals surface area (Å²) in [7, 11) is 0. The fourth-order valence-electron chi connectivity index (χ4n) is 1.59. The van der Waals surface area contributed by atoms with Crippen molar-refractivity contribution < 1.29 is 23.1 Å². The zero-order chi connectivity index (χ0) is 14.0. The van der Waals surface area contributed by atoms with Crippen molar-refractivity contribution in [2.45, 2.75) is 12.7 Å². The van der Waals surface area contributed by atoms with Crippen molar-refractivity contribution in [3.63, 3.8) is 0 Å². The molecule has 1 aromatic heterocycles. The molecule has 19 heavy (non-hydrogen) atoms. The van der Waals surface area contributed by atoms with Gasteiger partial charge in [0.1, 0.15) is 0 Å². The standard InChI is InChI=1S/C12H9F3N2O2/c13-12(14,15)10-5-16-17(7-10)6-8-2-1-3-9(4-8)11(18)19/h1-5,7H,6H2,(H,18,19). The minimum absolute atomic E-state index is 0.0806. The van der Waals surface area contributed by atoms with E-state index in [-0.39, 0.29) is 12.1 Å². The van der Waals surface area contributed by atoms with Crippen LogP contribution in [0.2, 0.25) is 0 Å². The number of halogens is 3. The number of carboxylic acid groups (broad SMARTS) is 1. The van der Waals surface area contributed by atoms with Gasteiger partial charge in [0, 0.05) is 6.20 Å². The van der Waals surface area contributed by atoms with E-state index in [2.05, 4.69) is 5.10 Å². The Hall–Kier alpha value is -2.31. The van der Waals surface area contributed by atoms with Crippen LogP contribution >= 0.6 is 0 Å². The van der Waals surface area contributed by atoms with Crippen LogP contribution in [0, 0.1) is 0 Å². The zero-order valence-electron chi connectivity index (χ0n) is 9.55. The Balaban J connectivity index is 2.19. The summed E-state index contributed by atoms with van der Waals surface area (Å²) in [5.74, 6) is -1.08. The Bertz CT molecular complexity index is 605. The van der Waals surface area contributed by atoms with Gasteiger partial charge in [0.05, 0.1) is 23.9 Å². The Kier molecular flexibility index (Phi) is 3.28. The first kappa shape index (κ1) is 13.1. The van der Waals surface area contributed by atoms with E-state index in [1.807, 2.05) is 0 Å². The van der Waals surface area contributed by atoms with Crippen LogP contribution in [0.25, 0.3) is 0 Å². The van der Waals surface area contributed by atoms with Gasteiger partial charge >= 0.3 is 12.1 Å². The smallest absolute Gasteiger partial charge is 0.419 e. The normalized spacial score (nSPS) is 11.5. The molecule has 1 N–H and O–H groups in total. The molecular weight excluding hydrogens is 261 g/mol. The molecule has 0 radical (unpaired) electrons. The lowest BCUT2D eigenvalue weighted by molar-refractivity contribution is -0.137. The quantitative estimate of drug-likeness (QED) is 0.932. The minimum Gasteiger partial charge on any atom is -0.478 e. The average molecular weight is 270 g/mol. The molecule has 7 heteroatoms. The molecule has 0 saturated carbocycles. The number of alkyl halides is 3. The van der Waals surface area contributed by atoms with Crippen LogP contribution in [0.15, 0.2) is 36.7 Å². The molecule has 0 saturated heterocycles. The second-order valence-electron chi connectivity index (χ2n) is 3.93. The third-order valence-corrected chi connectivity index (χ3v) is 2.48. The third-order valence-electron chi connectivity index (χ3n) is 2.48. The number of aromatic nitrogens is 2. The zero-order valence-corrected chi connectivity index (χ0v) is 9.55. The Labute approximate surface area is 106 Å². The van der Waals surface area contributed by atoms with Crippen molar-refractivity contribution in [3.8, 4) is 0 Å². The molecule has 2 rings (SSSR count). The SMILES string of the molecule is O=C(O)c1cccc(Cn2cc(C(F)(F)F)cn2)c1. The number of rotatable bonds is 3. The highest BCUT2D eigenvalue weighted by atomic mass is 19.4. The van der Waals surface area contributed by atoms with E-state index in [4.69, 9.17) is 5.11 Å². The maximum atomic E-state index is 12.4. The molecule has 4 nitrogen and oxygen atoms in total. The molecule has 0 bridgehead atoms. The predicted molar refractivity (Wildman–Crippen MR) is 59.7 cm³/mol. The van der Waals surface area contributed by atoms with Crippen molar-refractivity contribution in [2.75, 3.05) is 0 Å². The molecule has 0 aliphatic carbocycles. The van der Waals surface area contributed by atoms with Gasteiger partial charge in [-0.05, 0) is 17.7 Å². The summed E-state index contributed by atoms with van der Waals surface area (Å²) < 4.78 is 38.3. The second kappa shape index (κ2) is 4.75. The molecule has 0 aliphatic heterocycles. The summed E-state index contributed by atoms with van der Waals surface area (Å²) >= 11 is 0. The first-order chi connectivity index (χ1) is 8.86. The summed E-state index contributed by atoms with van der Waals surface area (Å²) in [6.45, 7) is 0.0806. The number of hydrogen-bond acceptors (Lipinski definition) is 2. The summed E-state index contributed by atoms with van der Waals surface area (Å²) in [4.78, 5) is 10.8. The van der Waals surface area contributed by atoms with E-state index >= 15 is 0 Å². The van der Waals surface area contributed by atoms with Gasteiger partial charge in [0.15, 0.2) is 0 Å². The number of hydrogen-bond donors (Lipinski definition) is 1. The van der Waals surface area contributed by atoms with E-state index < -0.39 is 17.7 Å². The lowest BCUT2D eigenvalue weighted by atomic mass is 10.1. The molecule has 0 amide bonds. The summed E-state index contributed by atoms with van der Waals surface area (Å²) in [5, 5.41) is 12.4. The van der Waals surface area contributed by atoms with E-state index in [1.54, 1.807) is 6.07 Å².